The van der Waals surface area contributed by atoms with Gasteiger partial charge in [-0.1, -0.05) is 0 Å². The van der Waals surface area contributed by atoms with Crippen LogP contribution >= 0.6 is 0 Å². The van der Waals surface area contributed by atoms with Crippen LogP contribution in [0.4, 0.5) is 0 Å². The number of nitrogens with two attached hydrogens (primary N) is 1. The zero-order valence-corrected chi connectivity index (χ0v) is 6.70. The third-order valence-corrected chi connectivity index (χ3v) is 1.50. The third kappa shape index (κ3) is 3.09. The fourth-order valence-corrected chi connectivity index (χ4v) is 0.842. The summed E-state index contributed by atoms with van der Waals surface area (Å²) in [5.74, 6) is 0. The van der Waals surface area contributed by atoms with Crippen LogP contribution in [0.5, 0.6) is 0 Å². The summed E-state index contributed by atoms with van der Waals surface area (Å²) in [6, 6.07) is 2.17. The molecular formula is C8H13N3. The van der Waals surface area contributed by atoms with E-state index in [-0.39, 0.29) is 6.04 Å². The van der Waals surface area contributed by atoms with Crippen LogP contribution in [-0.4, -0.2) is 16.0 Å². The summed E-state index contributed by atoms with van der Waals surface area (Å²) in [6.07, 6.45) is 5.25. The second-order valence-corrected chi connectivity index (χ2v) is 2.72. The Morgan fingerprint density at radius 2 is 2.45 bits per heavy atom. The molecule has 60 valence electrons. The van der Waals surface area contributed by atoms with E-state index >= 15 is 0 Å². The standard InChI is InChI=1S/C8H13N3/c1-7(9)2-3-8-4-5-10-6-11-8/h4-7H,2-3,9H2,1H3/t7-/m1/s1. The van der Waals surface area contributed by atoms with Crippen LogP contribution in [0.1, 0.15) is 19.0 Å². The van der Waals surface area contributed by atoms with Gasteiger partial charge in [0, 0.05) is 17.9 Å². The van der Waals surface area contributed by atoms with Crippen molar-refractivity contribution in [2.75, 3.05) is 0 Å². The molecule has 3 heteroatoms. The molecule has 1 heterocycles. The second-order valence-electron chi connectivity index (χ2n) is 2.72. The summed E-state index contributed by atoms with van der Waals surface area (Å²) in [6.45, 7) is 2.00. The fourth-order valence-electron chi connectivity index (χ4n) is 0.842. The van der Waals surface area contributed by atoms with Crippen LogP contribution in [0.25, 0.3) is 0 Å². The van der Waals surface area contributed by atoms with Gasteiger partial charge in [-0.2, -0.15) is 0 Å². The van der Waals surface area contributed by atoms with Gasteiger partial charge in [-0.15, -0.1) is 0 Å². The molecule has 1 aromatic heterocycles. The van der Waals surface area contributed by atoms with Gasteiger partial charge in [0.05, 0.1) is 0 Å². The monoisotopic (exact) mass is 151 g/mol. The summed E-state index contributed by atoms with van der Waals surface area (Å²) in [5.41, 5.74) is 6.66. The molecule has 0 aliphatic rings. The zero-order valence-electron chi connectivity index (χ0n) is 6.70. The van der Waals surface area contributed by atoms with Gasteiger partial charge in [0.15, 0.2) is 0 Å². The van der Waals surface area contributed by atoms with E-state index in [0.29, 0.717) is 0 Å². The summed E-state index contributed by atoms with van der Waals surface area (Å²) in [4.78, 5) is 7.91. The molecule has 1 atom stereocenters. The van der Waals surface area contributed by atoms with E-state index in [0.717, 1.165) is 18.5 Å². The smallest absolute Gasteiger partial charge is 0.115 e. The Balaban J connectivity index is 2.39. The lowest BCUT2D eigenvalue weighted by Gasteiger charge is -2.02. The number of aryl methyl sites for hydroxylation is 1. The maximum Gasteiger partial charge on any atom is 0.115 e. The highest BCUT2D eigenvalue weighted by Gasteiger charge is 1.96. The van der Waals surface area contributed by atoms with Gasteiger partial charge < -0.3 is 5.73 Å². The molecule has 1 rings (SSSR count). The topological polar surface area (TPSA) is 51.8 Å². The van der Waals surface area contributed by atoms with Gasteiger partial charge in [-0.25, -0.2) is 9.97 Å². The molecule has 0 fully saturated rings. The minimum atomic E-state index is 0.255. The predicted octanol–water partition coefficient (Wildman–Crippen LogP) is 0.756. The third-order valence-electron chi connectivity index (χ3n) is 1.50. The maximum atomic E-state index is 5.60. The molecular weight excluding hydrogens is 138 g/mol. The number of rotatable bonds is 3. The minimum Gasteiger partial charge on any atom is -0.328 e. The maximum absolute atomic E-state index is 5.60. The first kappa shape index (κ1) is 8.14. The molecule has 0 bridgehead atoms. The Morgan fingerprint density at radius 1 is 1.64 bits per heavy atom. The number of aromatic nitrogens is 2. The molecule has 0 aliphatic carbocycles. The van der Waals surface area contributed by atoms with Gasteiger partial charge >= 0.3 is 0 Å². The van der Waals surface area contributed by atoms with Gasteiger partial charge in [0.2, 0.25) is 0 Å². The molecule has 0 aliphatic heterocycles. The van der Waals surface area contributed by atoms with Crippen LogP contribution in [0.15, 0.2) is 18.6 Å². The fraction of sp³-hybridized carbons (Fsp3) is 0.500. The largest absolute Gasteiger partial charge is 0.328 e. The first-order valence-corrected chi connectivity index (χ1v) is 3.79. The highest BCUT2D eigenvalue weighted by atomic mass is 14.8. The SMILES string of the molecule is C[C@@H](N)CCc1ccncn1. The average Bonchev–Trinajstić information content (AvgIpc) is 2.03. The summed E-state index contributed by atoms with van der Waals surface area (Å²) in [7, 11) is 0. The summed E-state index contributed by atoms with van der Waals surface area (Å²) >= 11 is 0. The van der Waals surface area contributed by atoms with E-state index in [2.05, 4.69) is 9.97 Å². The Hall–Kier alpha value is -0.960. The van der Waals surface area contributed by atoms with Crippen molar-refractivity contribution in [2.45, 2.75) is 25.8 Å². The van der Waals surface area contributed by atoms with Gasteiger partial charge in [0.1, 0.15) is 6.33 Å². The van der Waals surface area contributed by atoms with Crippen LogP contribution in [0.3, 0.4) is 0 Å². The lowest BCUT2D eigenvalue weighted by atomic mass is 10.1. The normalized spacial score (nSPS) is 12.9. The van der Waals surface area contributed by atoms with Crippen molar-refractivity contribution in [1.29, 1.82) is 0 Å². The number of nitrogens with zero attached hydrogens (tertiary/aromatic N) is 2. The second kappa shape index (κ2) is 4.03. The molecule has 2 N–H and O–H groups in total. The van der Waals surface area contributed by atoms with E-state index in [1.54, 1.807) is 12.5 Å². The Kier molecular flexibility index (Phi) is 2.98. The molecule has 0 saturated carbocycles. The molecule has 0 amide bonds. The van der Waals surface area contributed by atoms with Crippen molar-refractivity contribution < 1.29 is 0 Å². The van der Waals surface area contributed by atoms with E-state index in [1.165, 1.54) is 0 Å². The molecule has 1 aromatic rings. The number of hydrogen-bond acceptors (Lipinski definition) is 3. The van der Waals surface area contributed by atoms with Gasteiger partial charge in [-0.3, -0.25) is 0 Å². The summed E-state index contributed by atoms with van der Waals surface area (Å²) in [5, 5.41) is 0. The van der Waals surface area contributed by atoms with Crippen molar-refractivity contribution in [3.63, 3.8) is 0 Å². The van der Waals surface area contributed by atoms with Gasteiger partial charge in [0.25, 0.3) is 0 Å². The lowest BCUT2D eigenvalue weighted by molar-refractivity contribution is 0.657. The molecule has 0 aromatic carbocycles. The molecule has 11 heavy (non-hydrogen) atoms. The molecule has 0 saturated heterocycles. The number of hydrogen-bond donors (Lipinski definition) is 1. The molecule has 3 nitrogen and oxygen atoms in total. The van der Waals surface area contributed by atoms with E-state index in [1.807, 2.05) is 13.0 Å². The quantitative estimate of drug-likeness (QED) is 0.693. The van der Waals surface area contributed by atoms with Gasteiger partial charge in [-0.05, 0) is 25.8 Å². The van der Waals surface area contributed by atoms with E-state index < -0.39 is 0 Å². The minimum absolute atomic E-state index is 0.255. The van der Waals surface area contributed by atoms with Crippen molar-refractivity contribution in [3.05, 3.63) is 24.3 Å². The highest BCUT2D eigenvalue weighted by Crippen LogP contribution is 1.98. The van der Waals surface area contributed by atoms with Crippen LogP contribution in [-0.2, 0) is 6.42 Å². The summed E-state index contributed by atoms with van der Waals surface area (Å²) < 4.78 is 0. The van der Waals surface area contributed by atoms with E-state index in [9.17, 15) is 0 Å². The first-order chi connectivity index (χ1) is 5.29. The highest BCUT2D eigenvalue weighted by molar-refractivity contribution is 4.97. The molecule has 0 radical (unpaired) electrons. The Morgan fingerprint density at radius 3 is 3.00 bits per heavy atom. The average molecular weight is 151 g/mol. The lowest BCUT2D eigenvalue weighted by Crippen LogP contribution is -2.15. The van der Waals surface area contributed by atoms with Crippen LogP contribution in [0.2, 0.25) is 0 Å². The van der Waals surface area contributed by atoms with Crippen molar-refractivity contribution >= 4 is 0 Å². The predicted molar refractivity (Wildman–Crippen MR) is 44.0 cm³/mol. The van der Waals surface area contributed by atoms with Crippen molar-refractivity contribution in [2.24, 2.45) is 5.73 Å². The zero-order chi connectivity index (χ0) is 8.10. The molecule has 0 spiro atoms. The van der Waals surface area contributed by atoms with Crippen molar-refractivity contribution in [3.8, 4) is 0 Å². The molecule has 0 unspecified atom stereocenters. The van der Waals surface area contributed by atoms with Crippen molar-refractivity contribution in [1.82, 2.24) is 9.97 Å². The van der Waals surface area contributed by atoms with Crippen LogP contribution < -0.4 is 5.73 Å². The Labute approximate surface area is 66.7 Å². The Bertz CT molecular complexity index is 196. The first-order valence-electron chi connectivity index (χ1n) is 3.79. The van der Waals surface area contributed by atoms with Crippen LogP contribution in [0, 0.1) is 0 Å². The van der Waals surface area contributed by atoms with E-state index in [4.69, 9.17) is 5.73 Å².